The molecule has 1 aromatic carbocycles. The Bertz CT molecular complexity index is 412. The average Bonchev–Trinajstić information content (AvgIpc) is 2.39. The molecule has 0 aromatic heterocycles. The summed E-state index contributed by atoms with van der Waals surface area (Å²) in [6.45, 7) is 9.10. The van der Waals surface area contributed by atoms with Gasteiger partial charge in [-0.2, -0.15) is 0 Å². The van der Waals surface area contributed by atoms with Gasteiger partial charge in [-0.25, -0.2) is 0 Å². The summed E-state index contributed by atoms with van der Waals surface area (Å²) in [4.78, 5) is 10.9. The van der Waals surface area contributed by atoms with Crippen LogP contribution in [-0.4, -0.2) is 12.5 Å². The fraction of sp³-hybridized carbons (Fsp3) is 0.611. The van der Waals surface area contributed by atoms with Crippen LogP contribution in [0.4, 0.5) is 5.69 Å². The van der Waals surface area contributed by atoms with Crippen molar-refractivity contribution >= 4 is 11.6 Å². The van der Waals surface area contributed by atoms with Gasteiger partial charge in [-0.1, -0.05) is 40.0 Å². The number of carbonyl (C=O) groups is 1. The van der Waals surface area contributed by atoms with Crippen LogP contribution in [0.25, 0.3) is 0 Å². The van der Waals surface area contributed by atoms with Crippen LogP contribution in [0.2, 0.25) is 0 Å². The molecule has 1 rings (SSSR count). The van der Waals surface area contributed by atoms with E-state index in [1.54, 1.807) is 0 Å². The van der Waals surface area contributed by atoms with Crippen LogP contribution in [0.1, 0.15) is 53.4 Å². The molecule has 0 aliphatic rings. The molecule has 0 aliphatic heterocycles. The van der Waals surface area contributed by atoms with Crippen LogP contribution >= 0.6 is 0 Å². The molecular weight excluding hydrogens is 262 g/mol. The van der Waals surface area contributed by atoms with Crippen molar-refractivity contribution in [3.8, 4) is 5.75 Å². The van der Waals surface area contributed by atoms with Gasteiger partial charge in [0.05, 0.1) is 6.61 Å². The van der Waals surface area contributed by atoms with E-state index in [1.807, 2.05) is 24.3 Å². The van der Waals surface area contributed by atoms with Gasteiger partial charge in [-0.15, -0.1) is 0 Å². The van der Waals surface area contributed by atoms with Crippen LogP contribution in [0.15, 0.2) is 24.3 Å². The Morgan fingerprint density at radius 1 is 1.10 bits per heavy atom. The van der Waals surface area contributed by atoms with Crippen molar-refractivity contribution in [1.29, 1.82) is 0 Å². The standard InChI is InChI=1S/C18H29NO2/c1-14(2)6-5-7-15(3)12-13-21-18-10-8-17(9-11-18)19-16(4)20/h8-11,14-15H,5-7,12-13H2,1-4H3,(H,19,20). The molecule has 0 heterocycles. The molecule has 0 bridgehead atoms. The Morgan fingerprint density at radius 3 is 2.33 bits per heavy atom. The van der Waals surface area contributed by atoms with E-state index in [1.165, 1.54) is 26.2 Å². The van der Waals surface area contributed by atoms with E-state index < -0.39 is 0 Å². The van der Waals surface area contributed by atoms with Crippen molar-refractivity contribution in [3.05, 3.63) is 24.3 Å². The smallest absolute Gasteiger partial charge is 0.221 e. The van der Waals surface area contributed by atoms with Crippen molar-refractivity contribution in [1.82, 2.24) is 0 Å². The first kappa shape index (κ1) is 17.5. The van der Waals surface area contributed by atoms with Gasteiger partial charge in [0.15, 0.2) is 0 Å². The largest absolute Gasteiger partial charge is 0.494 e. The summed E-state index contributed by atoms with van der Waals surface area (Å²) in [6, 6.07) is 7.52. The van der Waals surface area contributed by atoms with Gasteiger partial charge in [0.25, 0.3) is 0 Å². The second kappa shape index (κ2) is 9.43. The molecule has 3 heteroatoms. The van der Waals surface area contributed by atoms with E-state index in [2.05, 4.69) is 26.1 Å². The van der Waals surface area contributed by atoms with Gasteiger partial charge in [-0.3, -0.25) is 4.79 Å². The summed E-state index contributed by atoms with van der Waals surface area (Å²) in [6.07, 6.45) is 4.99. The van der Waals surface area contributed by atoms with Gasteiger partial charge < -0.3 is 10.1 Å². The molecule has 0 saturated carbocycles. The number of ether oxygens (including phenoxy) is 1. The van der Waals surface area contributed by atoms with E-state index in [0.29, 0.717) is 5.92 Å². The quantitative estimate of drug-likeness (QED) is 0.704. The summed E-state index contributed by atoms with van der Waals surface area (Å²) in [5.41, 5.74) is 0.803. The monoisotopic (exact) mass is 291 g/mol. The molecule has 0 saturated heterocycles. The Morgan fingerprint density at radius 2 is 1.76 bits per heavy atom. The summed E-state index contributed by atoms with van der Waals surface area (Å²) in [5, 5.41) is 2.74. The van der Waals surface area contributed by atoms with Crippen molar-refractivity contribution in [2.45, 2.75) is 53.4 Å². The Hall–Kier alpha value is -1.51. The van der Waals surface area contributed by atoms with Crippen molar-refractivity contribution < 1.29 is 9.53 Å². The molecule has 0 aliphatic carbocycles. The molecular formula is C18H29NO2. The second-order valence-corrected chi connectivity index (χ2v) is 6.27. The highest BCUT2D eigenvalue weighted by atomic mass is 16.5. The molecule has 1 amide bonds. The van der Waals surface area contributed by atoms with E-state index in [9.17, 15) is 4.79 Å². The van der Waals surface area contributed by atoms with E-state index in [0.717, 1.165) is 30.4 Å². The maximum Gasteiger partial charge on any atom is 0.221 e. The molecule has 0 fully saturated rings. The lowest BCUT2D eigenvalue weighted by molar-refractivity contribution is -0.114. The number of hydrogen-bond acceptors (Lipinski definition) is 2. The molecule has 0 spiro atoms. The first-order chi connectivity index (χ1) is 9.97. The van der Waals surface area contributed by atoms with Crippen LogP contribution in [0, 0.1) is 11.8 Å². The molecule has 1 atom stereocenters. The number of carbonyl (C=O) groups excluding carboxylic acids is 1. The van der Waals surface area contributed by atoms with Gasteiger partial charge >= 0.3 is 0 Å². The minimum Gasteiger partial charge on any atom is -0.494 e. The highest BCUT2D eigenvalue weighted by Gasteiger charge is 2.04. The van der Waals surface area contributed by atoms with Crippen LogP contribution in [0.3, 0.4) is 0 Å². The Kier molecular flexibility index (Phi) is 7.88. The maximum absolute atomic E-state index is 10.9. The topological polar surface area (TPSA) is 38.3 Å². The average molecular weight is 291 g/mol. The minimum atomic E-state index is -0.0566. The lowest BCUT2D eigenvalue weighted by Gasteiger charge is -2.13. The minimum absolute atomic E-state index is 0.0566. The lowest BCUT2D eigenvalue weighted by atomic mass is 9.98. The molecule has 3 nitrogen and oxygen atoms in total. The van der Waals surface area contributed by atoms with Gasteiger partial charge in [0, 0.05) is 12.6 Å². The summed E-state index contributed by atoms with van der Waals surface area (Å²) >= 11 is 0. The number of amides is 1. The molecule has 118 valence electrons. The van der Waals surface area contributed by atoms with Crippen molar-refractivity contribution in [2.75, 3.05) is 11.9 Å². The first-order valence-corrected chi connectivity index (χ1v) is 7.98. The maximum atomic E-state index is 10.9. The second-order valence-electron chi connectivity index (χ2n) is 6.27. The summed E-state index contributed by atoms with van der Waals surface area (Å²) in [5.74, 6) is 2.32. The third-order valence-electron chi connectivity index (χ3n) is 3.53. The number of hydrogen-bond donors (Lipinski definition) is 1. The molecule has 1 unspecified atom stereocenters. The van der Waals surface area contributed by atoms with Gasteiger partial charge in [0.1, 0.15) is 5.75 Å². The van der Waals surface area contributed by atoms with Gasteiger partial charge in [-0.05, 0) is 42.5 Å². The SMILES string of the molecule is CC(=O)Nc1ccc(OCCC(C)CCCC(C)C)cc1. The predicted octanol–water partition coefficient (Wildman–Crippen LogP) is 4.88. The van der Waals surface area contributed by atoms with Crippen molar-refractivity contribution in [2.24, 2.45) is 11.8 Å². The van der Waals surface area contributed by atoms with E-state index >= 15 is 0 Å². The zero-order chi connectivity index (χ0) is 15.7. The van der Waals surface area contributed by atoms with E-state index in [-0.39, 0.29) is 5.91 Å². The number of nitrogens with one attached hydrogen (secondary N) is 1. The number of anilines is 1. The summed E-state index contributed by atoms with van der Waals surface area (Å²) in [7, 11) is 0. The van der Waals surface area contributed by atoms with Crippen LogP contribution < -0.4 is 10.1 Å². The van der Waals surface area contributed by atoms with Crippen LogP contribution in [0.5, 0.6) is 5.75 Å². The highest BCUT2D eigenvalue weighted by molar-refractivity contribution is 5.88. The Balaban J connectivity index is 2.21. The molecule has 21 heavy (non-hydrogen) atoms. The molecule has 1 N–H and O–H groups in total. The molecule has 1 aromatic rings. The number of benzene rings is 1. The highest BCUT2D eigenvalue weighted by Crippen LogP contribution is 2.18. The third-order valence-corrected chi connectivity index (χ3v) is 3.53. The lowest BCUT2D eigenvalue weighted by Crippen LogP contribution is -2.06. The van der Waals surface area contributed by atoms with E-state index in [4.69, 9.17) is 4.74 Å². The number of rotatable bonds is 9. The fourth-order valence-electron chi connectivity index (χ4n) is 2.23. The summed E-state index contributed by atoms with van der Waals surface area (Å²) < 4.78 is 5.75. The third kappa shape index (κ3) is 8.38. The van der Waals surface area contributed by atoms with Crippen LogP contribution in [-0.2, 0) is 4.79 Å². The fourth-order valence-corrected chi connectivity index (χ4v) is 2.23. The first-order valence-electron chi connectivity index (χ1n) is 7.98. The Labute approximate surface area is 129 Å². The zero-order valence-electron chi connectivity index (χ0n) is 13.8. The van der Waals surface area contributed by atoms with Crippen molar-refractivity contribution in [3.63, 3.8) is 0 Å². The zero-order valence-corrected chi connectivity index (χ0v) is 13.8. The predicted molar refractivity (Wildman–Crippen MR) is 88.7 cm³/mol. The van der Waals surface area contributed by atoms with Gasteiger partial charge in [0.2, 0.25) is 5.91 Å². The molecule has 0 radical (unpaired) electrons. The normalized spacial score (nSPS) is 12.2.